The van der Waals surface area contributed by atoms with E-state index in [2.05, 4.69) is 55.6 Å². The van der Waals surface area contributed by atoms with Crippen LogP contribution in [0.5, 0.6) is 5.75 Å². The average Bonchev–Trinajstić information content (AvgIpc) is 3.49. The Labute approximate surface area is 281 Å². The summed E-state index contributed by atoms with van der Waals surface area (Å²) in [5, 5.41) is 14.6. The number of ketones is 1. The van der Waals surface area contributed by atoms with Crippen LogP contribution in [0.4, 0.5) is 10.6 Å². The van der Waals surface area contributed by atoms with E-state index in [9.17, 15) is 9.59 Å². The van der Waals surface area contributed by atoms with Crippen molar-refractivity contribution in [3.8, 4) is 5.75 Å². The number of rotatable bonds is 10. The largest absolute Gasteiger partial charge is 0.484 e. The molecule has 0 bridgehead atoms. The zero-order valence-corrected chi connectivity index (χ0v) is 28.5. The van der Waals surface area contributed by atoms with E-state index in [1.807, 2.05) is 61.7 Å². The molecule has 4 aromatic rings. The van der Waals surface area contributed by atoms with Gasteiger partial charge in [-0.05, 0) is 49.1 Å². The molecule has 2 N–H and O–H groups in total. The van der Waals surface area contributed by atoms with E-state index in [1.165, 1.54) is 0 Å². The quantitative estimate of drug-likeness (QED) is 0.197. The second-order valence-electron chi connectivity index (χ2n) is 14.0. The average molecular weight is 655 g/mol. The van der Waals surface area contributed by atoms with E-state index in [4.69, 9.17) is 9.47 Å². The highest BCUT2D eigenvalue weighted by atomic mass is 16.5. The Morgan fingerprint density at radius 3 is 2.54 bits per heavy atom. The van der Waals surface area contributed by atoms with Gasteiger partial charge in [0.05, 0.1) is 31.1 Å². The van der Waals surface area contributed by atoms with E-state index in [0.29, 0.717) is 37.2 Å². The zero-order chi connectivity index (χ0) is 33.8. The molecule has 3 aromatic heterocycles. The van der Waals surface area contributed by atoms with Gasteiger partial charge in [-0.15, -0.1) is 10.2 Å². The van der Waals surface area contributed by atoms with Gasteiger partial charge in [0.15, 0.2) is 17.3 Å². The molecule has 0 saturated carbocycles. The SMILES string of the molecule is CC(C)c1nnc2ccc(O[C@@H]3CC[C@H](NC(=O)Nc4cc(C(C)(C)C)nc(C(=O)CCCN5CCOCC5)n4)c4ccccc43)cn12. The van der Waals surface area contributed by atoms with E-state index in [0.717, 1.165) is 61.2 Å². The predicted octanol–water partition coefficient (Wildman–Crippen LogP) is 6.01. The molecule has 1 aliphatic carbocycles. The number of carbonyl (C=O) groups is 2. The number of nitrogens with zero attached hydrogens (tertiary/aromatic N) is 6. The van der Waals surface area contributed by atoms with Gasteiger partial charge in [-0.1, -0.05) is 58.9 Å². The summed E-state index contributed by atoms with van der Waals surface area (Å²) < 4.78 is 13.9. The van der Waals surface area contributed by atoms with Gasteiger partial charge in [0.25, 0.3) is 0 Å². The topological polar surface area (TPSA) is 136 Å². The third kappa shape index (κ3) is 7.82. The van der Waals surface area contributed by atoms with Crippen LogP contribution in [0.3, 0.4) is 0 Å². The fourth-order valence-corrected chi connectivity index (χ4v) is 6.27. The maximum atomic E-state index is 13.4. The Kier molecular flexibility index (Phi) is 10.0. The molecule has 0 unspecified atom stereocenters. The Bertz CT molecular complexity index is 1760. The van der Waals surface area contributed by atoms with E-state index >= 15 is 0 Å². The number of amides is 2. The van der Waals surface area contributed by atoms with Gasteiger partial charge in [-0.25, -0.2) is 14.8 Å². The number of ether oxygens (including phenoxy) is 2. The minimum Gasteiger partial charge on any atom is -0.484 e. The second kappa shape index (κ2) is 14.4. The summed E-state index contributed by atoms with van der Waals surface area (Å²) in [5.41, 5.74) is 3.17. The third-order valence-corrected chi connectivity index (χ3v) is 8.90. The molecular weight excluding hydrogens is 608 g/mol. The van der Waals surface area contributed by atoms with Crippen LogP contribution in [0, 0.1) is 0 Å². The minimum atomic E-state index is -0.391. The van der Waals surface area contributed by atoms with Gasteiger partial charge in [0.1, 0.15) is 23.5 Å². The summed E-state index contributed by atoms with van der Waals surface area (Å²) in [4.78, 5) is 38.0. The first kappa shape index (κ1) is 33.5. The van der Waals surface area contributed by atoms with Gasteiger partial charge in [0, 0.05) is 36.9 Å². The second-order valence-corrected chi connectivity index (χ2v) is 14.0. The molecule has 48 heavy (non-hydrogen) atoms. The lowest BCUT2D eigenvalue weighted by atomic mass is 9.85. The van der Waals surface area contributed by atoms with Gasteiger partial charge in [-0.3, -0.25) is 19.4 Å². The van der Waals surface area contributed by atoms with Crippen LogP contribution >= 0.6 is 0 Å². The number of nitrogens with one attached hydrogen (secondary N) is 2. The van der Waals surface area contributed by atoms with Gasteiger partial charge in [0.2, 0.25) is 0 Å². The number of pyridine rings is 1. The van der Waals surface area contributed by atoms with Crippen molar-refractivity contribution >= 4 is 23.3 Å². The van der Waals surface area contributed by atoms with Crippen molar-refractivity contribution in [2.45, 2.75) is 83.8 Å². The number of aromatic nitrogens is 5. The van der Waals surface area contributed by atoms with Crippen LogP contribution in [-0.4, -0.2) is 74.1 Å². The Hall–Kier alpha value is -4.42. The molecule has 0 radical (unpaired) electrons. The molecule has 1 aromatic carbocycles. The smallest absolute Gasteiger partial charge is 0.320 e. The first-order valence-electron chi connectivity index (χ1n) is 17.0. The predicted molar refractivity (Wildman–Crippen MR) is 183 cm³/mol. The molecule has 6 rings (SSSR count). The normalized spacial score (nSPS) is 18.5. The molecular formula is C36H46N8O4. The standard InChI is InChI=1S/C36H46N8O4/c1-23(2)34-42-41-32-15-12-24(22-44(32)34)48-29-14-13-27(25-9-6-7-10-26(25)29)37-35(46)40-31-21-30(36(3,4)5)38-33(39-31)28(45)11-8-16-43-17-19-47-20-18-43/h6-7,9-10,12,15,21-23,27,29H,8,11,13-14,16-20H2,1-5H3,(H2,37,38,39,40,46)/t27-,29+/m0/s1. The minimum absolute atomic E-state index is 0.131. The maximum Gasteiger partial charge on any atom is 0.320 e. The van der Waals surface area contributed by atoms with E-state index in [1.54, 1.807) is 6.07 Å². The molecule has 2 atom stereocenters. The maximum absolute atomic E-state index is 13.4. The van der Waals surface area contributed by atoms with Crippen LogP contribution < -0.4 is 15.4 Å². The van der Waals surface area contributed by atoms with Gasteiger partial charge >= 0.3 is 6.03 Å². The monoisotopic (exact) mass is 654 g/mol. The van der Waals surface area contributed by atoms with Crippen molar-refractivity contribution < 1.29 is 19.1 Å². The fraction of sp³-hybridized carbons (Fsp3) is 0.500. The first-order valence-corrected chi connectivity index (χ1v) is 17.0. The number of carbonyl (C=O) groups excluding carboxylic acids is 2. The number of anilines is 1. The summed E-state index contributed by atoms with van der Waals surface area (Å²) in [6.45, 7) is 14.3. The molecule has 1 fully saturated rings. The Balaban J connectivity index is 1.13. The molecule has 12 heteroatoms. The van der Waals surface area contributed by atoms with Crippen LogP contribution in [0.15, 0.2) is 48.7 Å². The summed E-state index contributed by atoms with van der Waals surface area (Å²) in [5.74, 6) is 2.15. The molecule has 2 aliphatic rings. The van der Waals surface area contributed by atoms with Crippen LogP contribution in [-0.2, 0) is 10.2 Å². The van der Waals surface area contributed by atoms with Gasteiger partial charge < -0.3 is 14.8 Å². The highest BCUT2D eigenvalue weighted by molar-refractivity contribution is 5.94. The highest BCUT2D eigenvalue weighted by Crippen LogP contribution is 2.39. The number of benzene rings is 1. The van der Waals surface area contributed by atoms with E-state index in [-0.39, 0.29) is 35.1 Å². The number of Topliss-reactive ketones (excluding diaryl/α,β-unsaturated/α-hetero) is 1. The third-order valence-electron chi connectivity index (χ3n) is 8.90. The van der Waals surface area contributed by atoms with Crippen molar-refractivity contribution in [3.05, 3.63) is 77.1 Å². The number of morpholine rings is 1. The number of hydrogen-bond donors (Lipinski definition) is 2. The van der Waals surface area contributed by atoms with Crippen molar-refractivity contribution in [3.63, 3.8) is 0 Å². The summed E-state index contributed by atoms with van der Waals surface area (Å²) in [6.07, 6.45) is 4.22. The molecule has 254 valence electrons. The van der Waals surface area contributed by atoms with Crippen LogP contribution in [0.2, 0.25) is 0 Å². The number of fused-ring (bicyclic) bond motifs is 2. The van der Waals surface area contributed by atoms with Crippen molar-refractivity contribution in [2.24, 2.45) is 0 Å². The lowest BCUT2D eigenvalue weighted by Gasteiger charge is -2.32. The fourth-order valence-electron chi connectivity index (χ4n) is 6.27. The zero-order valence-electron chi connectivity index (χ0n) is 28.5. The molecule has 2 amide bonds. The van der Waals surface area contributed by atoms with E-state index < -0.39 is 6.03 Å². The summed E-state index contributed by atoms with van der Waals surface area (Å²) >= 11 is 0. The Morgan fingerprint density at radius 1 is 1.02 bits per heavy atom. The molecule has 1 saturated heterocycles. The summed E-state index contributed by atoms with van der Waals surface area (Å²) in [7, 11) is 0. The lowest BCUT2D eigenvalue weighted by molar-refractivity contribution is 0.0371. The molecule has 4 heterocycles. The molecule has 1 aliphatic heterocycles. The number of urea groups is 1. The summed E-state index contributed by atoms with van der Waals surface area (Å²) in [6, 6.07) is 13.0. The van der Waals surface area contributed by atoms with Crippen LogP contribution in [0.1, 0.15) is 112 Å². The number of hydrogen-bond acceptors (Lipinski definition) is 9. The van der Waals surface area contributed by atoms with Crippen molar-refractivity contribution in [1.82, 2.24) is 34.8 Å². The lowest BCUT2D eigenvalue weighted by Crippen LogP contribution is -2.37. The van der Waals surface area contributed by atoms with Gasteiger partial charge in [-0.2, -0.15) is 0 Å². The van der Waals surface area contributed by atoms with Crippen LogP contribution in [0.25, 0.3) is 5.65 Å². The molecule has 12 nitrogen and oxygen atoms in total. The van der Waals surface area contributed by atoms with Crippen molar-refractivity contribution in [2.75, 3.05) is 38.2 Å². The highest BCUT2D eigenvalue weighted by Gasteiger charge is 2.30. The first-order chi connectivity index (χ1) is 23.0. The van der Waals surface area contributed by atoms with Crippen molar-refractivity contribution in [1.29, 1.82) is 0 Å². The Morgan fingerprint density at radius 2 is 1.79 bits per heavy atom. The molecule has 0 spiro atoms.